The second-order valence-electron chi connectivity index (χ2n) is 6.88. The molecule has 1 fully saturated rings. The highest BCUT2D eigenvalue weighted by Crippen LogP contribution is 2.39. The topological polar surface area (TPSA) is 92.5 Å². The first-order valence-electron chi connectivity index (χ1n) is 8.68. The van der Waals surface area contributed by atoms with Gasteiger partial charge in [0.2, 0.25) is 14.8 Å². The maximum Gasteiger partial charge on any atom is 0.323 e. The summed E-state index contributed by atoms with van der Waals surface area (Å²) in [5.41, 5.74) is 0.756. The van der Waals surface area contributed by atoms with E-state index in [2.05, 4.69) is 15.0 Å². The number of carbonyl (C=O) groups excluding carboxylic acids is 1. The fourth-order valence-electron chi connectivity index (χ4n) is 3.30. The van der Waals surface area contributed by atoms with Crippen LogP contribution in [0, 0.1) is 12.8 Å². The van der Waals surface area contributed by atoms with Gasteiger partial charge in [-0.05, 0) is 44.4 Å². The van der Waals surface area contributed by atoms with Crippen molar-refractivity contribution in [2.45, 2.75) is 36.6 Å². The molecule has 1 saturated heterocycles. The van der Waals surface area contributed by atoms with E-state index in [0.29, 0.717) is 5.82 Å². The maximum atomic E-state index is 15.5. The van der Waals surface area contributed by atoms with Gasteiger partial charge < -0.3 is 9.42 Å². The van der Waals surface area contributed by atoms with Gasteiger partial charge in [0.05, 0.1) is 4.90 Å². The van der Waals surface area contributed by atoms with Gasteiger partial charge in [-0.25, -0.2) is 17.6 Å². The molecule has 0 aliphatic carbocycles. The molecule has 9 heteroatoms. The highest BCUT2D eigenvalue weighted by molar-refractivity contribution is 7.92. The summed E-state index contributed by atoms with van der Waals surface area (Å²) in [6.45, 7) is 3.41. The van der Waals surface area contributed by atoms with Crippen LogP contribution in [0.2, 0.25) is 0 Å². The molecule has 27 heavy (non-hydrogen) atoms. The predicted octanol–water partition coefficient (Wildman–Crippen LogP) is 3.39. The van der Waals surface area contributed by atoms with Crippen LogP contribution >= 0.6 is 0 Å². The van der Waals surface area contributed by atoms with Crippen LogP contribution in [0.4, 0.5) is 15.0 Å². The fourth-order valence-corrected chi connectivity index (χ4v) is 5.03. The molecule has 146 valence electrons. The number of hydrogen-bond donors (Lipinski definition) is 1. The lowest BCUT2D eigenvalue weighted by molar-refractivity contribution is 0.117. The van der Waals surface area contributed by atoms with Crippen molar-refractivity contribution in [3.63, 3.8) is 0 Å². The van der Waals surface area contributed by atoms with Crippen molar-refractivity contribution in [2.24, 2.45) is 5.92 Å². The minimum absolute atomic E-state index is 0.0151. The van der Waals surface area contributed by atoms with Gasteiger partial charge in [-0.15, -0.1) is 0 Å². The third kappa shape index (κ3) is 3.83. The van der Waals surface area contributed by atoms with Gasteiger partial charge in [0, 0.05) is 25.1 Å². The summed E-state index contributed by atoms with van der Waals surface area (Å²) in [7, 11) is -4.15. The van der Waals surface area contributed by atoms with E-state index in [4.69, 9.17) is 0 Å². The van der Waals surface area contributed by atoms with E-state index >= 15 is 4.39 Å². The molecule has 1 atom stereocenters. The number of nitrogens with one attached hydrogen (secondary N) is 1. The summed E-state index contributed by atoms with van der Waals surface area (Å²) in [5.74, 6) is -0.404. The smallest absolute Gasteiger partial charge is 0.323 e. The third-order valence-electron chi connectivity index (χ3n) is 5.01. The Hall–Kier alpha value is -2.42. The van der Waals surface area contributed by atoms with Crippen LogP contribution in [0.1, 0.15) is 25.3 Å². The number of piperidine rings is 1. The second kappa shape index (κ2) is 7.30. The Morgan fingerprint density at radius 2 is 2.04 bits per heavy atom. The van der Waals surface area contributed by atoms with Crippen LogP contribution in [0.15, 0.2) is 46.0 Å². The van der Waals surface area contributed by atoms with Crippen LogP contribution in [0.25, 0.3) is 0 Å². The number of hydrogen-bond acceptors (Lipinski definition) is 5. The van der Waals surface area contributed by atoms with Gasteiger partial charge in [-0.2, -0.15) is 0 Å². The molecule has 1 aromatic carbocycles. The summed E-state index contributed by atoms with van der Waals surface area (Å²) >= 11 is 0. The Labute approximate surface area is 157 Å². The van der Waals surface area contributed by atoms with Crippen LogP contribution in [0.5, 0.6) is 0 Å². The molecule has 0 radical (unpaired) electrons. The molecule has 3 rings (SSSR count). The number of nitrogens with zero attached hydrogens (tertiary/aromatic N) is 2. The third-order valence-corrected chi connectivity index (χ3v) is 7.27. The van der Waals surface area contributed by atoms with E-state index in [1.807, 2.05) is 0 Å². The molecule has 2 aromatic rings. The molecule has 7 nitrogen and oxygen atoms in total. The number of benzene rings is 1. The normalized spacial score (nSPS) is 18.1. The van der Waals surface area contributed by atoms with Gasteiger partial charge in [0.1, 0.15) is 6.26 Å². The minimum Gasteiger partial charge on any atom is -0.363 e. The Morgan fingerprint density at radius 1 is 1.33 bits per heavy atom. The fraction of sp³-hybridized carbons (Fsp3) is 0.444. The van der Waals surface area contributed by atoms with E-state index in [-0.39, 0.29) is 36.9 Å². The number of aromatic nitrogens is 1. The quantitative estimate of drug-likeness (QED) is 0.857. The van der Waals surface area contributed by atoms with Crippen molar-refractivity contribution in [1.82, 2.24) is 10.1 Å². The molecule has 1 aromatic heterocycles. The molecule has 0 spiro atoms. The van der Waals surface area contributed by atoms with Crippen molar-refractivity contribution in [3.8, 4) is 0 Å². The lowest BCUT2D eigenvalue weighted by Crippen LogP contribution is -2.48. The van der Waals surface area contributed by atoms with E-state index in [9.17, 15) is 13.2 Å². The average Bonchev–Trinajstić information content (AvgIpc) is 3.14. The number of likely N-dealkylation sites (tertiary alicyclic amines) is 1. The number of sulfone groups is 1. The number of rotatable bonds is 4. The Kier molecular flexibility index (Phi) is 5.23. The first kappa shape index (κ1) is 19.3. The predicted molar refractivity (Wildman–Crippen MR) is 97.7 cm³/mol. The highest BCUT2D eigenvalue weighted by atomic mass is 32.2. The molecular weight excluding hydrogens is 373 g/mol. The number of aryl methyl sites for hydroxylation is 1. The Bertz CT molecular complexity index is 904. The Balaban J connectivity index is 1.68. The SMILES string of the molecule is Cc1cccc(S(=O)(=O)C(C)(F)C2CCN(C(=O)Nc3ccon3)CC2)c1. The number of carbonyl (C=O) groups is 1. The lowest BCUT2D eigenvalue weighted by atomic mass is 9.92. The van der Waals surface area contributed by atoms with Crippen molar-refractivity contribution in [1.29, 1.82) is 0 Å². The Morgan fingerprint density at radius 3 is 2.63 bits per heavy atom. The average molecular weight is 395 g/mol. The van der Waals surface area contributed by atoms with Gasteiger partial charge in [-0.1, -0.05) is 17.3 Å². The first-order valence-corrected chi connectivity index (χ1v) is 10.2. The van der Waals surface area contributed by atoms with E-state index in [0.717, 1.165) is 12.5 Å². The number of halogens is 1. The van der Waals surface area contributed by atoms with Gasteiger partial charge in [0.15, 0.2) is 5.82 Å². The highest BCUT2D eigenvalue weighted by Gasteiger charge is 2.48. The van der Waals surface area contributed by atoms with Crippen LogP contribution in [-0.4, -0.2) is 42.6 Å². The standard InChI is InChI=1S/C18H22FN3O4S/c1-13-4-3-5-15(12-13)27(24,25)18(2,19)14-6-9-22(10-7-14)17(23)20-16-8-11-26-21-16/h3-5,8,11-12,14H,6-7,9-10H2,1-2H3,(H,20,21,23). The summed E-state index contributed by atoms with van der Waals surface area (Å²) < 4.78 is 45.8. The van der Waals surface area contributed by atoms with Crippen molar-refractivity contribution >= 4 is 21.7 Å². The minimum atomic E-state index is -4.15. The lowest BCUT2D eigenvalue weighted by Gasteiger charge is -2.37. The molecule has 1 aliphatic rings. The number of anilines is 1. The zero-order chi connectivity index (χ0) is 19.7. The molecule has 1 unspecified atom stereocenters. The van der Waals surface area contributed by atoms with E-state index < -0.39 is 20.8 Å². The zero-order valence-corrected chi connectivity index (χ0v) is 16.0. The molecular formula is C18H22FN3O4S. The summed E-state index contributed by atoms with van der Waals surface area (Å²) in [4.78, 5) is 13.7. The molecule has 2 heterocycles. The van der Waals surface area contributed by atoms with Crippen molar-refractivity contribution in [2.75, 3.05) is 18.4 Å². The van der Waals surface area contributed by atoms with Crippen molar-refractivity contribution in [3.05, 3.63) is 42.2 Å². The van der Waals surface area contributed by atoms with E-state index in [1.54, 1.807) is 19.1 Å². The molecule has 1 aliphatic heterocycles. The molecule has 2 amide bonds. The summed E-state index contributed by atoms with van der Waals surface area (Å²) in [6, 6.07) is 7.41. The maximum absolute atomic E-state index is 15.5. The largest absolute Gasteiger partial charge is 0.363 e. The zero-order valence-electron chi connectivity index (χ0n) is 15.2. The van der Waals surface area contributed by atoms with E-state index in [1.165, 1.54) is 29.4 Å². The first-order chi connectivity index (χ1) is 12.7. The van der Waals surface area contributed by atoms with Gasteiger partial charge in [0.25, 0.3) is 0 Å². The number of amides is 2. The van der Waals surface area contributed by atoms with Crippen molar-refractivity contribution < 1.29 is 22.1 Å². The van der Waals surface area contributed by atoms with Crippen LogP contribution in [-0.2, 0) is 9.84 Å². The summed E-state index contributed by atoms with van der Waals surface area (Å²) in [6.07, 6.45) is 1.85. The van der Waals surface area contributed by atoms with Crippen LogP contribution in [0.3, 0.4) is 0 Å². The molecule has 0 saturated carbocycles. The van der Waals surface area contributed by atoms with Crippen LogP contribution < -0.4 is 5.32 Å². The molecule has 0 bridgehead atoms. The summed E-state index contributed by atoms with van der Waals surface area (Å²) in [5, 5.41) is 3.78. The second-order valence-corrected chi connectivity index (χ2v) is 9.16. The van der Waals surface area contributed by atoms with Gasteiger partial charge >= 0.3 is 6.03 Å². The van der Waals surface area contributed by atoms with Gasteiger partial charge in [-0.3, -0.25) is 5.32 Å². The molecule has 1 N–H and O–H groups in total. The number of urea groups is 1. The monoisotopic (exact) mass is 395 g/mol. The number of alkyl halides is 1.